The monoisotopic (exact) mass is 420 g/mol. The van der Waals surface area contributed by atoms with Crippen LogP contribution in [0.3, 0.4) is 0 Å². The van der Waals surface area contributed by atoms with Gasteiger partial charge in [0.1, 0.15) is 5.57 Å². The summed E-state index contributed by atoms with van der Waals surface area (Å²) in [6.45, 7) is 3.67. The van der Waals surface area contributed by atoms with E-state index in [2.05, 4.69) is 5.10 Å². The fraction of sp³-hybridized carbons (Fsp3) is 0.182. The van der Waals surface area contributed by atoms with Crippen LogP contribution in [0.25, 0.3) is 5.69 Å². The maximum atomic E-state index is 12.8. The normalized spacial score (nSPS) is 15.2. The summed E-state index contributed by atoms with van der Waals surface area (Å²) in [5, 5.41) is 15.7. The van der Waals surface area contributed by atoms with Gasteiger partial charge in [-0.3, -0.25) is 10.1 Å². The number of rotatable bonds is 5. The lowest BCUT2D eigenvalue weighted by Gasteiger charge is -2.27. The summed E-state index contributed by atoms with van der Waals surface area (Å²) in [6.07, 6.45) is 0. The largest absolute Gasteiger partial charge is 0.462 e. The van der Waals surface area contributed by atoms with E-state index in [-0.39, 0.29) is 23.8 Å². The molecule has 9 heteroatoms. The Morgan fingerprint density at radius 1 is 1.23 bits per heavy atom. The Balaban J connectivity index is 1.92. The van der Waals surface area contributed by atoms with Crippen LogP contribution in [-0.4, -0.2) is 27.3 Å². The predicted octanol–water partition coefficient (Wildman–Crippen LogP) is 3.35. The quantitative estimate of drug-likeness (QED) is 0.381. The summed E-state index contributed by atoms with van der Waals surface area (Å²) >= 11 is 0. The molecule has 1 atom stereocenters. The fourth-order valence-corrected chi connectivity index (χ4v) is 3.69. The molecule has 9 nitrogen and oxygen atoms in total. The second-order valence-electron chi connectivity index (χ2n) is 6.93. The zero-order valence-electron chi connectivity index (χ0n) is 16.9. The molecule has 158 valence electrons. The molecule has 0 spiro atoms. The van der Waals surface area contributed by atoms with Crippen LogP contribution in [0.5, 0.6) is 5.88 Å². The van der Waals surface area contributed by atoms with Gasteiger partial charge in [0.05, 0.1) is 34.4 Å². The molecule has 1 aliphatic rings. The van der Waals surface area contributed by atoms with E-state index >= 15 is 0 Å². The second kappa shape index (κ2) is 7.94. The molecule has 0 radical (unpaired) electrons. The van der Waals surface area contributed by atoms with Crippen molar-refractivity contribution < 1.29 is 19.2 Å². The molecule has 31 heavy (non-hydrogen) atoms. The number of nitro benzene ring substituents is 1. The van der Waals surface area contributed by atoms with E-state index in [0.29, 0.717) is 22.7 Å². The Hall–Kier alpha value is -4.14. The zero-order valence-corrected chi connectivity index (χ0v) is 16.9. The number of nitro groups is 1. The summed E-state index contributed by atoms with van der Waals surface area (Å²) in [7, 11) is 0. The van der Waals surface area contributed by atoms with Gasteiger partial charge in [-0.15, -0.1) is 0 Å². The van der Waals surface area contributed by atoms with Gasteiger partial charge in [-0.25, -0.2) is 9.48 Å². The molecule has 2 N–H and O–H groups in total. The second-order valence-corrected chi connectivity index (χ2v) is 6.93. The van der Waals surface area contributed by atoms with Crippen molar-refractivity contribution in [2.45, 2.75) is 19.8 Å². The molecule has 0 saturated carbocycles. The number of nitrogens with two attached hydrogens (primary N) is 1. The average Bonchev–Trinajstić information content (AvgIpc) is 3.09. The van der Waals surface area contributed by atoms with Crippen LogP contribution in [0.15, 0.2) is 66.1 Å². The zero-order chi connectivity index (χ0) is 22.1. The van der Waals surface area contributed by atoms with Gasteiger partial charge in [-0.2, -0.15) is 5.10 Å². The third-order valence-electron chi connectivity index (χ3n) is 5.05. The van der Waals surface area contributed by atoms with Crippen molar-refractivity contribution >= 4 is 11.7 Å². The number of aryl methyl sites for hydroxylation is 1. The maximum absolute atomic E-state index is 12.8. The Bertz CT molecular complexity index is 1180. The van der Waals surface area contributed by atoms with Crippen LogP contribution in [-0.2, 0) is 9.53 Å². The van der Waals surface area contributed by atoms with Crippen LogP contribution in [0.2, 0.25) is 0 Å². The number of hydrogen-bond donors (Lipinski definition) is 1. The van der Waals surface area contributed by atoms with Crippen molar-refractivity contribution in [3.05, 3.63) is 93.0 Å². The van der Waals surface area contributed by atoms with Crippen molar-refractivity contribution in [2.24, 2.45) is 5.73 Å². The van der Waals surface area contributed by atoms with Gasteiger partial charge < -0.3 is 15.2 Å². The van der Waals surface area contributed by atoms with Crippen LogP contribution in [0, 0.1) is 17.0 Å². The third-order valence-corrected chi connectivity index (χ3v) is 5.05. The minimum atomic E-state index is -0.652. The van der Waals surface area contributed by atoms with Crippen molar-refractivity contribution in [3.63, 3.8) is 0 Å². The first-order chi connectivity index (χ1) is 14.9. The van der Waals surface area contributed by atoms with Gasteiger partial charge in [-0.05, 0) is 31.5 Å². The molecule has 0 saturated heterocycles. The SMILES string of the molecule is CCOC(=O)C1=C(N)Oc2c(c(C)nn2-c2ccccc2)C1c1ccc([N+](=O)[O-])cc1. The lowest BCUT2D eigenvalue weighted by molar-refractivity contribution is -0.384. The van der Waals surface area contributed by atoms with E-state index in [1.54, 1.807) is 23.7 Å². The van der Waals surface area contributed by atoms with E-state index in [1.165, 1.54) is 12.1 Å². The van der Waals surface area contributed by atoms with Gasteiger partial charge in [0.2, 0.25) is 11.8 Å². The van der Waals surface area contributed by atoms with Crippen molar-refractivity contribution in [3.8, 4) is 11.6 Å². The molecule has 1 aliphatic heterocycles. The molecule has 0 fully saturated rings. The molecular weight excluding hydrogens is 400 g/mol. The Morgan fingerprint density at radius 3 is 2.52 bits per heavy atom. The van der Waals surface area contributed by atoms with E-state index in [9.17, 15) is 14.9 Å². The molecule has 0 bridgehead atoms. The number of carbonyl (C=O) groups is 1. The number of nitrogens with zero attached hydrogens (tertiary/aromatic N) is 3. The number of carbonyl (C=O) groups excluding carboxylic acids is 1. The number of fused-ring (bicyclic) bond motifs is 1. The molecule has 1 unspecified atom stereocenters. The Kier molecular flexibility index (Phi) is 5.16. The minimum absolute atomic E-state index is 0.0534. The Morgan fingerprint density at radius 2 is 1.90 bits per heavy atom. The number of non-ortho nitro benzene ring substituents is 1. The summed E-state index contributed by atoms with van der Waals surface area (Å²) in [5.74, 6) is -0.967. The van der Waals surface area contributed by atoms with Gasteiger partial charge in [0.15, 0.2) is 0 Å². The first-order valence-electron chi connectivity index (χ1n) is 9.66. The van der Waals surface area contributed by atoms with E-state index < -0.39 is 16.8 Å². The average molecular weight is 420 g/mol. The minimum Gasteiger partial charge on any atom is -0.462 e. The maximum Gasteiger partial charge on any atom is 0.340 e. The summed E-state index contributed by atoms with van der Waals surface area (Å²) < 4.78 is 12.7. The summed E-state index contributed by atoms with van der Waals surface area (Å²) in [4.78, 5) is 23.4. The van der Waals surface area contributed by atoms with Crippen molar-refractivity contribution in [2.75, 3.05) is 6.61 Å². The van der Waals surface area contributed by atoms with E-state index in [1.807, 2.05) is 37.3 Å². The van der Waals surface area contributed by atoms with Crippen LogP contribution >= 0.6 is 0 Å². The number of esters is 1. The van der Waals surface area contributed by atoms with E-state index in [4.69, 9.17) is 15.2 Å². The number of ether oxygens (including phenoxy) is 2. The first-order valence-corrected chi connectivity index (χ1v) is 9.66. The molecular formula is C22H20N4O5. The van der Waals surface area contributed by atoms with Gasteiger partial charge in [0, 0.05) is 12.1 Å². The van der Waals surface area contributed by atoms with Crippen molar-refractivity contribution in [1.82, 2.24) is 9.78 Å². The number of aromatic nitrogens is 2. The Labute approximate surface area is 177 Å². The van der Waals surface area contributed by atoms with Gasteiger partial charge in [-0.1, -0.05) is 30.3 Å². The smallest absolute Gasteiger partial charge is 0.340 e. The molecule has 2 heterocycles. The van der Waals surface area contributed by atoms with Crippen LogP contribution < -0.4 is 10.5 Å². The highest BCUT2D eigenvalue weighted by Gasteiger charge is 2.39. The molecule has 1 aromatic heterocycles. The standard InChI is InChI=1S/C22H20N4O5/c1-3-30-22(27)19-18(14-9-11-16(12-10-14)26(28)29)17-13(2)24-25(21(17)31-20(19)23)15-7-5-4-6-8-15/h4-12,18H,3,23H2,1-2H3. The molecule has 4 rings (SSSR count). The molecule has 3 aromatic rings. The topological polar surface area (TPSA) is 123 Å². The van der Waals surface area contributed by atoms with E-state index in [0.717, 1.165) is 5.69 Å². The summed E-state index contributed by atoms with van der Waals surface area (Å²) in [6, 6.07) is 15.4. The lowest BCUT2D eigenvalue weighted by Crippen LogP contribution is -2.28. The third kappa shape index (κ3) is 3.50. The van der Waals surface area contributed by atoms with Crippen molar-refractivity contribution in [1.29, 1.82) is 0 Å². The number of hydrogen-bond acceptors (Lipinski definition) is 7. The highest BCUT2D eigenvalue weighted by atomic mass is 16.6. The van der Waals surface area contributed by atoms with Crippen LogP contribution in [0.1, 0.15) is 29.7 Å². The predicted molar refractivity (Wildman–Crippen MR) is 112 cm³/mol. The van der Waals surface area contributed by atoms with Gasteiger partial charge >= 0.3 is 5.97 Å². The molecule has 0 amide bonds. The fourth-order valence-electron chi connectivity index (χ4n) is 3.69. The van der Waals surface area contributed by atoms with Crippen LogP contribution in [0.4, 0.5) is 5.69 Å². The highest BCUT2D eigenvalue weighted by molar-refractivity contribution is 5.92. The summed E-state index contributed by atoms with van der Waals surface area (Å²) in [5.41, 5.74) is 8.96. The molecule has 2 aromatic carbocycles. The lowest BCUT2D eigenvalue weighted by atomic mass is 9.83. The van der Waals surface area contributed by atoms with Gasteiger partial charge in [0.25, 0.3) is 5.69 Å². The number of benzene rings is 2. The molecule has 0 aliphatic carbocycles. The first kappa shape index (κ1) is 20.1. The highest BCUT2D eigenvalue weighted by Crippen LogP contribution is 2.45. The number of para-hydroxylation sites is 1.